The fourth-order valence-electron chi connectivity index (χ4n) is 2.07. The first-order valence-electron chi connectivity index (χ1n) is 6.42. The average molecular weight is 254 g/mol. The minimum absolute atomic E-state index is 0.629. The van der Waals surface area contributed by atoms with Crippen molar-refractivity contribution in [1.82, 2.24) is 4.98 Å². The smallest absolute Gasteiger partial charge is 0.227 e. The van der Waals surface area contributed by atoms with Crippen molar-refractivity contribution in [1.29, 1.82) is 0 Å². The van der Waals surface area contributed by atoms with Crippen LogP contribution in [-0.2, 0) is 6.54 Å². The van der Waals surface area contributed by atoms with Crippen molar-refractivity contribution in [2.45, 2.75) is 19.9 Å². The second-order valence-corrected chi connectivity index (χ2v) is 4.57. The van der Waals surface area contributed by atoms with Crippen molar-refractivity contribution in [3.63, 3.8) is 0 Å². The lowest BCUT2D eigenvalue weighted by Crippen LogP contribution is -2.31. The lowest BCUT2D eigenvalue weighted by molar-refractivity contribution is -0.696. The van der Waals surface area contributed by atoms with Gasteiger partial charge in [0.05, 0.1) is 0 Å². The third-order valence-electron chi connectivity index (χ3n) is 3.03. The number of hydrogen-bond donors (Lipinski definition) is 1. The summed E-state index contributed by atoms with van der Waals surface area (Å²) in [6.45, 7) is 3.18. The Balaban J connectivity index is 1.99. The molecule has 3 rings (SSSR count). The first-order valence-corrected chi connectivity index (χ1v) is 6.42. The Labute approximate surface area is 111 Å². The van der Waals surface area contributed by atoms with E-state index in [1.54, 1.807) is 6.07 Å². The molecule has 96 valence electrons. The predicted molar refractivity (Wildman–Crippen MR) is 74.3 cm³/mol. The summed E-state index contributed by atoms with van der Waals surface area (Å²) in [6, 6.07) is 9.53. The number of pyridine rings is 1. The summed E-state index contributed by atoms with van der Waals surface area (Å²) >= 11 is 0. The largest absolute Gasteiger partial charge is 0.436 e. The van der Waals surface area contributed by atoms with Gasteiger partial charge in [0.2, 0.25) is 5.89 Å². The van der Waals surface area contributed by atoms with E-state index in [1.165, 1.54) is 0 Å². The molecule has 0 aliphatic rings. The molecule has 0 radical (unpaired) electrons. The van der Waals surface area contributed by atoms with Crippen LogP contribution in [0.3, 0.4) is 0 Å². The molecule has 3 aromatic rings. The van der Waals surface area contributed by atoms with Crippen LogP contribution >= 0.6 is 0 Å². The Morgan fingerprint density at radius 3 is 2.74 bits per heavy atom. The monoisotopic (exact) mass is 254 g/mol. The minimum Gasteiger partial charge on any atom is -0.436 e. The van der Waals surface area contributed by atoms with Crippen LogP contribution < -0.4 is 10.3 Å². The van der Waals surface area contributed by atoms with E-state index in [0.717, 1.165) is 29.6 Å². The van der Waals surface area contributed by atoms with Crippen LogP contribution in [0.5, 0.6) is 0 Å². The third-order valence-corrected chi connectivity index (χ3v) is 3.03. The number of aryl methyl sites for hydroxylation is 1. The van der Waals surface area contributed by atoms with Crippen molar-refractivity contribution < 1.29 is 8.98 Å². The van der Waals surface area contributed by atoms with Crippen LogP contribution in [0, 0.1) is 0 Å². The number of nitrogens with two attached hydrogens (primary N) is 1. The Morgan fingerprint density at radius 1 is 1.21 bits per heavy atom. The Bertz CT molecular complexity index is 701. The fourth-order valence-corrected chi connectivity index (χ4v) is 2.07. The molecule has 2 aromatic heterocycles. The second-order valence-electron chi connectivity index (χ2n) is 4.57. The van der Waals surface area contributed by atoms with Gasteiger partial charge >= 0.3 is 0 Å². The maximum Gasteiger partial charge on any atom is 0.227 e. The molecule has 2 N–H and O–H groups in total. The van der Waals surface area contributed by atoms with Crippen LogP contribution in [0.25, 0.3) is 22.6 Å². The highest BCUT2D eigenvalue weighted by Crippen LogP contribution is 2.24. The summed E-state index contributed by atoms with van der Waals surface area (Å²) < 4.78 is 7.88. The predicted octanol–water partition coefficient (Wildman–Crippen LogP) is 2.77. The number of aromatic nitrogens is 2. The van der Waals surface area contributed by atoms with E-state index in [-0.39, 0.29) is 0 Å². The van der Waals surface area contributed by atoms with Gasteiger partial charge in [0.15, 0.2) is 18.0 Å². The molecule has 0 amide bonds. The number of nitrogens with zero attached hydrogens (tertiary/aromatic N) is 2. The van der Waals surface area contributed by atoms with E-state index in [0.29, 0.717) is 11.6 Å². The summed E-state index contributed by atoms with van der Waals surface area (Å²) in [6.07, 6.45) is 5.20. The topological polar surface area (TPSA) is 55.9 Å². The number of benzene rings is 1. The fraction of sp³-hybridized carbons (Fsp3) is 0.200. The minimum atomic E-state index is 0.629. The molecule has 19 heavy (non-hydrogen) atoms. The molecule has 2 heterocycles. The molecule has 0 bridgehead atoms. The van der Waals surface area contributed by atoms with Gasteiger partial charge in [-0.25, -0.2) is 9.55 Å². The first-order chi connectivity index (χ1) is 9.26. The van der Waals surface area contributed by atoms with Crippen molar-refractivity contribution >= 4 is 16.8 Å². The Morgan fingerprint density at radius 2 is 2.00 bits per heavy atom. The summed E-state index contributed by atoms with van der Waals surface area (Å²) in [7, 11) is 0. The van der Waals surface area contributed by atoms with Gasteiger partial charge in [0.1, 0.15) is 12.1 Å². The summed E-state index contributed by atoms with van der Waals surface area (Å²) in [5.74, 6) is 0.629. The van der Waals surface area contributed by atoms with Gasteiger partial charge in [0, 0.05) is 35.9 Å². The molecule has 0 unspecified atom stereocenters. The SMILES string of the molecule is CCC[n+]1ccc(-c2nc3ccc(N)cc3o2)cc1. The number of anilines is 1. The summed E-state index contributed by atoms with van der Waals surface area (Å²) in [5, 5.41) is 0. The zero-order valence-electron chi connectivity index (χ0n) is 10.8. The zero-order valence-corrected chi connectivity index (χ0v) is 10.8. The van der Waals surface area contributed by atoms with Crippen LogP contribution in [0.2, 0.25) is 0 Å². The second kappa shape index (κ2) is 4.72. The quantitative estimate of drug-likeness (QED) is 0.577. The summed E-state index contributed by atoms with van der Waals surface area (Å²) in [5.41, 5.74) is 8.94. The molecule has 1 aromatic carbocycles. The molecular formula is C15H16N3O+. The Kier molecular flexibility index (Phi) is 2.91. The van der Waals surface area contributed by atoms with Gasteiger partial charge in [-0.3, -0.25) is 0 Å². The van der Waals surface area contributed by atoms with Gasteiger partial charge in [-0.15, -0.1) is 0 Å². The first kappa shape index (κ1) is 11.7. The van der Waals surface area contributed by atoms with Gasteiger partial charge < -0.3 is 10.2 Å². The lowest BCUT2D eigenvalue weighted by atomic mass is 10.2. The van der Waals surface area contributed by atoms with Gasteiger partial charge in [-0.05, 0) is 12.1 Å². The normalized spacial score (nSPS) is 11.0. The number of nitrogen functional groups attached to an aromatic ring is 1. The molecule has 4 heteroatoms. The van der Waals surface area contributed by atoms with Crippen LogP contribution in [0.4, 0.5) is 5.69 Å². The van der Waals surface area contributed by atoms with E-state index in [2.05, 4.69) is 16.5 Å². The molecule has 0 spiro atoms. The average Bonchev–Trinajstić information content (AvgIpc) is 2.83. The van der Waals surface area contributed by atoms with Gasteiger partial charge in [0.25, 0.3) is 0 Å². The maximum atomic E-state index is 5.73. The van der Waals surface area contributed by atoms with E-state index < -0.39 is 0 Å². The maximum absolute atomic E-state index is 5.73. The van der Waals surface area contributed by atoms with Crippen molar-refractivity contribution in [2.75, 3.05) is 5.73 Å². The van der Waals surface area contributed by atoms with E-state index in [9.17, 15) is 0 Å². The summed E-state index contributed by atoms with van der Waals surface area (Å²) in [4.78, 5) is 4.47. The standard InChI is InChI=1S/C15H15N3O/c1-2-7-18-8-5-11(6-9-18)15-17-13-4-3-12(16)10-14(13)19-15/h3-6,8-10,16H,2,7H2,1H3/p+1. The van der Waals surface area contributed by atoms with E-state index in [1.807, 2.05) is 36.7 Å². The van der Waals surface area contributed by atoms with Crippen molar-refractivity contribution in [2.24, 2.45) is 0 Å². The number of oxazole rings is 1. The number of rotatable bonds is 3. The molecule has 0 saturated heterocycles. The van der Waals surface area contributed by atoms with Crippen LogP contribution in [-0.4, -0.2) is 4.98 Å². The number of fused-ring (bicyclic) bond motifs is 1. The molecule has 0 fully saturated rings. The zero-order chi connectivity index (χ0) is 13.2. The number of hydrogen-bond acceptors (Lipinski definition) is 3. The molecule has 0 saturated carbocycles. The van der Waals surface area contributed by atoms with Crippen molar-refractivity contribution in [3.8, 4) is 11.5 Å². The Hall–Kier alpha value is -2.36. The van der Waals surface area contributed by atoms with Crippen molar-refractivity contribution in [3.05, 3.63) is 42.7 Å². The highest BCUT2D eigenvalue weighted by Gasteiger charge is 2.09. The lowest BCUT2D eigenvalue weighted by Gasteiger charge is -1.95. The van der Waals surface area contributed by atoms with Gasteiger partial charge in [-0.1, -0.05) is 6.92 Å². The van der Waals surface area contributed by atoms with E-state index in [4.69, 9.17) is 10.2 Å². The molecule has 0 aliphatic heterocycles. The molecule has 0 aliphatic carbocycles. The van der Waals surface area contributed by atoms with E-state index >= 15 is 0 Å². The highest BCUT2D eigenvalue weighted by atomic mass is 16.3. The van der Waals surface area contributed by atoms with Gasteiger partial charge in [-0.2, -0.15) is 0 Å². The molecule has 4 nitrogen and oxygen atoms in total. The highest BCUT2D eigenvalue weighted by molar-refractivity contribution is 5.79. The molecular weight excluding hydrogens is 238 g/mol. The van der Waals surface area contributed by atoms with Crippen LogP contribution in [0.15, 0.2) is 47.1 Å². The molecule has 0 atom stereocenters. The third kappa shape index (κ3) is 2.29. The van der Waals surface area contributed by atoms with Crippen LogP contribution in [0.1, 0.15) is 13.3 Å².